The van der Waals surface area contributed by atoms with Crippen molar-refractivity contribution >= 4 is 24.0 Å². The molecule has 0 fully saturated rings. The first-order valence-corrected chi connectivity index (χ1v) is 6.54. The van der Waals surface area contributed by atoms with Crippen molar-refractivity contribution in [3.8, 4) is 0 Å². The van der Waals surface area contributed by atoms with Gasteiger partial charge in [0.15, 0.2) is 6.29 Å². The number of hydrogen-bond donors (Lipinski definition) is 0. The van der Waals surface area contributed by atoms with Crippen molar-refractivity contribution in [1.29, 1.82) is 0 Å². The summed E-state index contributed by atoms with van der Waals surface area (Å²) in [4.78, 5) is 26.3. The number of rotatable bonds is 4. The molecule has 0 atom stereocenters. The van der Waals surface area contributed by atoms with Gasteiger partial charge in [0.1, 0.15) is 16.7 Å². The summed E-state index contributed by atoms with van der Waals surface area (Å²) in [6.45, 7) is 0. The van der Waals surface area contributed by atoms with Crippen LogP contribution >= 0.6 is 11.8 Å². The van der Waals surface area contributed by atoms with Gasteiger partial charge in [0.25, 0.3) is 0 Å². The molecule has 0 aliphatic carbocycles. The Bertz CT molecular complexity index is 707. The van der Waals surface area contributed by atoms with E-state index in [4.69, 9.17) is 0 Å². The molecule has 108 valence electrons. The van der Waals surface area contributed by atoms with Crippen LogP contribution in [-0.2, 0) is 4.74 Å². The quantitative estimate of drug-likeness (QED) is 0.641. The summed E-state index contributed by atoms with van der Waals surface area (Å²) in [6, 6.07) is 4.73. The van der Waals surface area contributed by atoms with Gasteiger partial charge in [0.2, 0.25) is 0 Å². The zero-order chi connectivity index (χ0) is 15.4. The van der Waals surface area contributed by atoms with Crippen molar-refractivity contribution in [2.24, 2.45) is 0 Å². The van der Waals surface area contributed by atoms with Crippen molar-refractivity contribution in [3.63, 3.8) is 0 Å². The summed E-state index contributed by atoms with van der Waals surface area (Å²) in [5.41, 5.74) is -0.313. The van der Waals surface area contributed by atoms with Crippen molar-refractivity contribution in [3.05, 3.63) is 53.2 Å². The molecule has 4 nitrogen and oxygen atoms in total. The fourth-order valence-electron chi connectivity index (χ4n) is 1.60. The highest BCUT2D eigenvalue weighted by Crippen LogP contribution is 2.34. The summed E-state index contributed by atoms with van der Waals surface area (Å²) < 4.78 is 32.0. The number of methoxy groups -OCH3 is 1. The normalized spacial score (nSPS) is 10.2. The van der Waals surface area contributed by atoms with E-state index in [1.165, 1.54) is 25.4 Å². The first-order chi connectivity index (χ1) is 10.1. The molecule has 1 aromatic carbocycles. The van der Waals surface area contributed by atoms with E-state index in [9.17, 15) is 18.4 Å². The van der Waals surface area contributed by atoms with Gasteiger partial charge in [-0.05, 0) is 24.3 Å². The Morgan fingerprint density at radius 3 is 2.67 bits per heavy atom. The minimum atomic E-state index is -0.843. The monoisotopic (exact) mass is 309 g/mol. The number of benzene rings is 1. The third-order valence-electron chi connectivity index (χ3n) is 2.59. The number of aldehydes is 1. The van der Waals surface area contributed by atoms with E-state index in [1.807, 2.05) is 0 Å². The van der Waals surface area contributed by atoms with Gasteiger partial charge >= 0.3 is 5.97 Å². The van der Waals surface area contributed by atoms with Crippen molar-refractivity contribution in [1.82, 2.24) is 4.98 Å². The molecule has 0 aliphatic heterocycles. The van der Waals surface area contributed by atoms with Crippen LogP contribution < -0.4 is 0 Å². The van der Waals surface area contributed by atoms with Gasteiger partial charge in [-0.25, -0.2) is 18.6 Å². The molecule has 2 rings (SSSR count). The van der Waals surface area contributed by atoms with Gasteiger partial charge < -0.3 is 4.74 Å². The van der Waals surface area contributed by atoms with E-state index in [0.29, 0.717) is 11.8 Å². The van der Waals surface area contributed by atoms with Gasteiger partial charge in [-0.15, -0.1) is 0 Å². The molecule has 0 radical (unpaired) electrons. The highest BCUT2D eigenvalue weighted by molar-refractivity contribution is 7.99. The molecular formula is C14H9F2NO3S. The Balaban J connectivity index is 2.51. The number of pyridine rings is 1. The van der Waals surface area contributed by atoms with Gasteiger partial charge in [0, 0.05) is 6.20 Å². The van der Waals surface area contributed by atoms with Crippen LogP contribution in [0.1, 0.15) is 20.7 Å². The Labute approximate surface area is 123 Å². The Morgan fingerprint density at radius 1 is 1.29 bits per heavy atom. The molecule has 0 aliphatic rings. The van der Waals surface area contributed by atoms with E-state index < -0.39 is 23.2 Å². The zero-order valence-corrected chi connectivity index (χ0v) is 11.6. The number of aromatic nitrogens is 1. The lowest BCUT2D eigenvalue weighted by molar-refractivity contribution is 0.0595. The lowest BCUT2D eigenvalue weighted by atomic mass is 10.2. The maximum absolute atomic E-state index is 13.8. The van der Waals surface area contributed by atoms with Crippen LogP contribution in [0.2, 0.25) is 0 Å². The standard InChI is InChI=1S/C14H9F2NO3S/c1-20-14(19)8-3-2-6-17-13(8)21-12-9(7-18)10(15)4-5-11(12)16/h2-7H,1H3. The summed E-state index contributed by atoms with van der Waals surface area (Å²) in [5, 5.41) is 0.122. The second kappa shape index (κ2) is 6.45. The first-order valence-electron chi connectivity index (χ1n) is 5.72. The van der Waals surface area contributed by atoms with Crippen LogP contribution in [0.3, 0.4) is 0 Å². The first kappa shape index (κ1) is 15.1. The minimum Gasteiger partial charge on any atom is -0.465 e. The summed E-state index contributed by atoms with van der Waals surface area (Å²) in [5.74, 6) is -2.27. The molecule has 0 bridgehead atoms. The van der Waals surface area contributed by atoms with E-state index in [0.717, 1.165) is 12.1 Å². The second-order valence-electron chi connectivity index (χ2n) is 3.84. The number of esters is 1. The van der Waals surface area contributed by atoms with Crippen LogP contribution in [0, 0.1) is 11.6 Å². The number of carbonyl (C=O) groups excluding carboxylic acids is 2. The highest BCUT2D eigenvalue weighted by Gasteiger charge is 2.19. The Hall–Kier alpha value is -2.28. The van der Waals surface area contributed by atoms with Gasteiger partial charge in [0.05, 0.1) is 23.1 Å². The van der Waals surface area contributed by atoms with E-state index in [1.54, 1.807) is 0 Å². The molecule has 2 aromatic rings. The lowest BCUT2D eigenvalue weighted by Gasteiger charge is -2.09. The predicted molar refractivity (Wildman–Crippen MR) is 71.4 cm³/mol. The maximum atomic E-state index is 13.8. The minimum absolute atomic E-state index is 0.102. The number of hydrogen-bond acceptors (Lipinski definition) is 5. The van der Waals surface area contributed by atoms with Crippen LogP contribution in [0.4, 0.5) is 8.78 Å². The third kappa shape index (κ3) is 3.08. The van der Waals surface area contributed by atoms with Crippen LogP contribution in [0.15, 0.2) is 40.4 Å². The molecule has 0 amide bonds. The maximum Gasteiger partial charge on any atom is 0.340 e. The van der Waals surface area contributed by atoms with Gasteiger partial charge in [-0.3, -0.25) is 4.79 Å². The predicted octanol–water partition coefficient (Wildman–Crippen LogP) is 3.11. The smallest absolute Gasteiger partial charge is 0.340 e. The zero-order valence-electron chi connectivity index (χ0n) is 10.8. The molecule has 0 unspecified atom stereocenters. The molecule has 0 saturated carbocycles. The largest absolute Gasteiger partial charge is 0.465 e. The Morgan fingerprint density at radius 2 is 2.00 bits per heavy atom. The van der Waals surface area contributed by atoms with Gasteiger partial charge in [-0.1, -0.05) is 11.8 Å². The van der Waals surface area contributed by atoms with E-state index in [-0.39, 0.29) is 21.8 Å². The van der Waals surface area contributed by atoms with Gasteiger partial charge in [-0.2, -0.15) is 0 Å². The summed E-state index contributed by atoms with van der Waals surface area (Å²) in [6.07, 6.45) is 1.62. The fourth-order valence-corrected chi connectivity index (χ4v) is 2.59. The number of nitrogens with zero attached hydrogens (tertiary/aromatic N) is 1. The third-order valence-corrected chi connectivity index (χ3v) is 3.73. The lowest BCUT2D eigenvalue weighted by Crippen LogP contribution is -2.05. The van der Waals surface area contributed by atoms with Crippen LogP contribution in [0.25, 0.3) is 0 Å². The summed E-state index contributed by atoms with van der Waals surface area (Å²) >= 11 is 0.692. The highest BCUT2D eigenvalue weighted by atomic mass is 32.2. The average molecular weight is 309 g/mol. The van der Waals surface area contributed by atoms with E-state index in [2.05, 4.69) is 9.72 Å². The molecule has 7 heteroatoms. The van der Waals surface area contributed by atoms with Crippen molar-refractivity contribution in [2.45, 2.75) is 9.92 Å². The van der Waals surface area contributed by atoms with Crippen LogP contribution in [0.5, 0.6) is 0 Å². The number of carbonyl (C=O) groups is 2. The molecule has 1 heterocycles. The SMILES string of the molecule is COC(=O)c1cccnc1Sc1c(F)ccc(F)c1C=O. The molecule has 1 aromatic heterocycles. The second-order valence-corrected chi connectivity index (χ2v) is 4.84. The van der Waals surface area contributed by atoms with Crippen molar-refractivity contribution in [2.75, 3.05) is 7.11 Å². The van der Waals surface area contributed by atoms with Crippen LogP contribution in [-0.4, -0.2) is 24.3 Å². The Kier molecular flexibility index (Phi) is 4.64. The summed E-state index contributed by atoms with van der Waals surface area (Å²) in [7, 11) is 1.20. The average Bonchev–Trinajstić information content (AvgIpc) is 2.51. The molecular weight excluding hydrogens is 300 g/mol. The topological polar surface area (TPSA) is 56.3 Å². The molecule has 0 N–H and O–H groups in total. The number of halogens is 2. The molecule has 0 spiro atoms. The van der Waals surface area contributed by atoms with E-state index >= 15 is 0 Å². The fraction of sp³-hybridized carbons (Fsp3) is 0.0714. The molecule has 0 saturated heterocycles. The van der Waals surface area contributed by atoms with Crippen molar-refractivity contribution < 1.29 is 23.1 Å². The number of ether oxygens (including phenoxy) is 1. The molecule has 21 heavy (non-hydrogen) atoms.